The van der Waals surface area contributed by atoms with Crippen molar-refractivity contribution in [1.82, 2.24) is 19.4 Å². The van der Waals surface area contributed by atoms with Crippen molar-refractivity contribution < 1.29 is 14.4 Å². The first-order chi connectivity index (χ1) is 18.0. The van der Waals surface area contributed by atoms with Crippen LogP contribution in [0.15, 0.2) is 48.7 Å². The Morgan fingerprint density at radius 3 is 2.41 bits per heavy atom. The number of rotatable bonds is 10. The number of aldehydes is 1. The van der Waals surface area contributed by atoms with E-state index in [9.17, 15) is 14.4 Å². The number of aromatic nitrogens is 2. The van der Waals surface area contributed by atoms with E-state index in [1.807, 2.05) is 29.0 Å². The molecule has 37 heavy (non-hydrogen) atoms. The number of nitrogens with zero attached hydrogens (tertiary/aromatic N) is 4. The van der Waals surface area contributed by atoms with Crippen molar-refractivity contribution in [1.29, 1.82) is 0 Å². The molecule has 0 unspecified atom stereocenters. The van der Waals surface area contributed by atoms with E-state index in [1.165, 1.54) is 5.56 Å². The van der Waals surface area contributed by atoms with Crippen molar-refractivity contribution in [3.63, 3.8) is 0 Å². The minimum Gasteiger partial charge on any atom is -0.337 e. The Hall–Kier alpha value is -3.74. The average molecular weight is 501 g/mol. The molecule has 0 aliphatic carbocycles. The van der Waals surface area contributed by atoms with Gasteiger partial charge in [0.1, 0.15) is 17.8 Å². The van der Waals surface area contributed by atoms with Gasteiger partial charge in [-0.15, -0.1) is 0 Å². The molecule has 0 radical (unpaired) electrons. The number of carbonyl (C=O) groups is 3. The van der Waals surface area contributed by atoms with Crippen LogP contribution in [0.2, 0.25) is 0 Å². The average Bonchev–Trinajstić information content (AvgIpc) is 3.32. The maximum atomic E-state index is 13.8. The molecule has 3 aromatic rings. The minimum atomic E-state index is -0.142. The first-order valence-corrected chi connectivity index (χ1v) is 13.2. The SMILES string of the molecule is CCCCN(CCCC)C(=O)c1cn(C)c(-c2ccc(C=O)cc2C(=O)N2CCc3ccccc3C2)n1. The Balaban J connectivity index is 1.67. The van der Waals surface area contributed by atoms with E-state index in [-0.39, 0.29) is 11.8 Å². The van der Waals surface area contributed by atoms with Crippen LogP contribution < -0.4 is 0 Å². The van der Waals surface area contributed by atoms with Crippen LogP contribution in [0.1, 0.15) is 81.9 Å². The molecule has 7 nitrogen and oxygen atoms in total. The van der Waals surface area contributed by atoms with Gasteiger partial charge >= 0.3 is 0 Å². The number of amides is 2. The van der Waals surface area contributed by atoms with Gasteiger partial charge in [-0.05, 0) is 42.5 Å². The lowest BCUT2D eigenvalue weighted by molar-refractivity contribution is 0.0732. The number of imidazole rings is 1. The molecule has 0 fully saturated rings. The summed E-state index contributed by atoms with van der Waals surface area (Å²) in [6, 6.07) is 13.3. The minimum absolute atomic E-state index is 0.0891. The van der Waals surface area contributed by atoms with Crippen molar-refractivity contribution >= 4 is 18.1 Å². The molecule has 2 aromatic carbocycles. The molecule has 1 aliphatic rings. The third kappa shape index (κ3) is 5.82. The largest absolute Gasteiger partial charge is 0.337 e. The van der Waals surface area contributed by atoms with Crippen molar-refractivity contribution in [3.05, 3.63) is 76.6 Å². The van der Waals surface area contributed by atoms with Crippen LogP contribution in [0.3, 0.4) is 0 Å². The van der Waals surface area contributed by atoms with Crippen molar-refractivity contribution in [2.75, 3.05) is 19.6 Å². The topological polar surface area (TPSA) is 75.5 Å². The lowest BCUT2D eigenvalue weighted by atomic mass is 9.97. The van der Waals surface area contributed by atoms with Gasteiger partial charge in [0.2, 0.25) is 0 Å². The van der Waals surface area contributed by atoms with Crippen molar-refractivity contribution in [3.8, 4) is 11.4 Å². The van der Waals surface area contributed by atoms with Crippen molar-refractivity contribution in [2.45, 2.75) is 52.5 Å². The first kappa shape index (κ1) is 26.3. The predicted octanol–water partition coefficient (Wildman–Crippen LogP) is 5.14. The molecule has 194 valence electrons. The summed E-state index contributed by atoms with van der Waals surface area (Å²) in [5.74, 6) is 0.304. The zero-order valence-corrected chi connectivity index (χ0v) is 22.1. The van der Waals surface area contributed by atoms with Crippen LogP contribution >= 0.6 is 0 Å². The van der Waals surface area contributed by atoms with Crippen LogP contribution in [0, 0.1) is 0 Å². The normalized spacial score (nSPS) is 12.8. The summed E-state index contributed by atoms with van der Waals surface area (Å²) in [5.41, 5.74) is 4.24. The monoisotopic (exact) mass is 500 g/mol. The Morgan fingerprint density at radius 1 is 1.03 bits per heavy atom. The quantitative estimate of drug-likeness (QED) is 0.361. The third-order valence-corrected chi connectivity index (χ3v) is 7.01. The summed E-state index contributed by atoms with van der Waals surface area (Å²) in [6.07, 6.45) is 7.19. The highest BCUT2D eigenvalue weighted by Gasteiger charge is 2.27. The second-order valence-electron chi connectivity index (χ2n) is 9.73. The van der Waals surface area contributed by atoms with Gasteiger partial charge in [-0.1, -0.05) is 57.0 Å². The molecule has 0 saturated carbocycles. The first-order valence-electron chi connectivity index (χ1n) is 13.2. The summed E-state index contributed by atoms with van der Waals surface area (Å²) in [7, 11) is 1.83. The smallest absolute Gasteiger partial charge is 0.274 e. The Morgan fingerprint density at radius 2 is 1.73 bits per heavy atom. The van der Waals surface area contributed by atoms with Crippen LogP contribution in [0.25, 0.3) is 11.4 Å². The number of fused-ring (bicyclic) bond motifs is 1. The number of benzene rings is 2. The third-order valence-electron chi connectivity index (χ3n) is 7.01. The fourth-order valence-electron chi connectivity index (χ4n) is 4.84. The van der Waals surface area contributed by atoms with E-state index in [0.717, 1.165) is 44.0 Å². The van der Waals surface area contributed by atoms with E-state index < -0.39 is 0 Å². The molecule has 2 heterocycles. The van der Waals surface area contributed by atoms with E-state index in [2.05, 4.69) is 26.0 Å². The number of hydrogen-bond donors (Lipinski definition) is 0. The Kier molecular flexibility index (Phi) is 8.54. The highest BCUT2D eigenvalue weighted by molar-refractivity contribution is 6.02. The van der Waals surface area contributed by atoms with Crippen molar-refractivity contribution in [2.24, 2.45) is 7.05 Å². The van der Waals surface area contributed by atoms with Gasteiger partial charge < -0.3 is 14.4 Å². The summed E-state index contributed by atoms with van der Waals surface area (Å²) < 4.78 is 1.79. The van der Waals surface area contributed by atoms with Crippen LogP contribution in [0.4, 0.5) is 0 Å². The molecule has 0 spiro atoms. The van der Waals surface area contributed by atoms with Gasteiger partial charge in [0.05, 0.1) is 5.56 Å². The van der Waals surface area contributed by atoms with Crippen LogP contribution in [0.5, 0.6) is 0 Å². The lowest BCUT2D eigenvalue weighted by Gasteiger charge is -2.29. The summed E-state index contributed by atoms with van der Waals surface area (Å²) in [4.78, 5) is 47.1. The van der Waals surface area contributed by atoms with Gasteiger partial charge in [-0.2, -0.15) is 0 Å². The Labute approximate surface area is 219 Å². The second-order valence-corrected chi connectivity index (χ2v) is 9.73. The summed E-state index contributed by atoms with van der Waals surface area (Å²) in [6.45, 7) is 6.77. The molecular formula is C30H36N4O3. The Bertz CT molecular complexity index is 1270. The highest BCUT2D eigenvalue weighted by Crippen LogP contribution is 2.28. The molecule has 0 saturated heterocycles. The molecule has 0 bridgehead atoms. The van der Waals surface area contributed by atoms with E-state index in [1.54, 1.807) is 29.0 Å². The van der Waals surface area contributed by atoms with Gasteiger partial charge in [0.25, 0.3) is 11.8 Å². The molecule has 0 atom stereocenters. The van der Waals surface area contributed by atoms with Crippen LogP contribution in [-0.2, 0) is 20.0 Å². The molecule has 1 aliphatic heterocycles. The maximum absolute atomic E-state index is 13.8. The van der Waals surface area contributed by atoms with E-state index in [4.69, 9.17) is 4.98 Å². The zero-order chi connectivity index (χ0) is 26.4. The molecular weight excluding hydrogens is 464 g/mol. The highest BCUT2D eigenvalue weighted by atomic mass is 16.2. The standard InChI is InChI=1S/C30H36N4O3/c1-4-6-15-33(16-7-5-2)30(37)27-20-32(3)28(31-27)25-13-12-22(21-35)18-26(25)29(36)34-17-14-23-10-8-9-11-24(23)19-34/h8-13,18,20-21H,4-7,14-17,19H2,1-3H3. The zero-order valence-electron chi connectivity index (χ0n) is 22.1. The van der Waals surface area contributed by atoms with Gasteiger partial charge in [-0.25, -0.2) is 4.98 Å². The fourth-order valence-corrected chi connectivity index (χ4v) is 4.84. The fraction of sp³-hybridized carbons (Fsp3) is 0.400. The number of hydrogen-bond acceptors (Lipinski definition) is 4. The van der Waals surface area contributed by atoms with Gasteiger partial charge in [-0.3, -0.25) is 14.4 Å². The number of aryl methyl sites for hydroxylation is 1. The predicted molar refractivity (Wildman–Crippen MR) is 145 cm³/mol. The van der Waals surface area contributed by atoms with Gasteiger partial charge in [0, 0.05) is 50.6 Å². The van der Waals surface area contributed by atoms with Gasteiger partial charge in [0.15, 0.2) is 0 Å². The number of unbranched alkanes of at least 4 members (excludes halogenated alkanes) is 2. The molecule has 0 N–H and O–H groups in total. The van der Waals surface area contributed by atoms with E-state index in [0.29, 0.717) is 54.4 Å². The van der Waals surface area contributed by atoms with Crippen LogP contribution in [-0.4, -0.2) is 57.1 Å². The number of carbonyl (C=O) groups excluding carboxylic acids is 3. The second kappa shape index (κ2) is 12.0. The molecule has 7 heteroatoms. The summed E-state index contributed by atoms with van der Waals surface area (Å²) >= 11 is 0. The molecule has 1 aromatic heterocycles. The maximum Gasteiger partial charge on any atom is 0.274 e. The molecule has 4 rings (SSSR count). The summed E-state index contributed by atoms with van der Waals surface area (Å²) in [5, 5.41) is 0. The van der Waals surface area contributed by atoms with E-state index >= 15 is 0 Å². The molecule has 2 amide bonds. The lowest BCUT2D eigenvalue weighted by Crippen LogP contribution is -2.36.